The molecule has 0 heterocycles. The minimum atomic E-state index is -3.22. The van der Waals surface area contributed by atoms with Gasteiger partial charge in [-0.3, -0.25) is 0 Å². The Morgan fingerprint density at radius 1 is 1.14 bits per heavy atom. The highest BCUT2D eigenvalue weighted by Gasteiger charge is 2.11. The molecule has 0 aliphatic heterocycles. The van der Waals surface area contributed by atoms with Crippen LogP contribution < -0.4 is 10.5 Å². The smallest absolute Gasteiger partial charge is 0.175 e. The molecule has 0 saturated carbocycles. The molecule has 0 fully saturated rings. The van der Waals surface area contributed by atoms with Crippen LogP contribution in [0.4, 0.5) is 0 Å². The maximum atomic E-state index is 11.7. The third-order valence-electron chi connectivity index (χ3n) is 3.37. The van der Waals surface area contributed by atoms with Gasteiger partial charge in [-0.2, -0.15) is 0 Å². The number of nitrogens with two attached hydrogens (primary N) is 1. The average molecular weight is 342 g/mol. The summed E-state index contributed by atoms with van der Waals surface area (Å²) in [5.74, 6) is 0.778. The second kappa shape index (κ2) is 7.13. The molecule has 2 aromatic carbocycles. The van der Waals surface area contributed by atoms with E-state index in [2.05, 4.69) is 0 Å². The van der Waals surface area contributed by atoms with E-state index in [-0.39, 0.29) is 12.4 Å². The van der Waals surface area contributed by atoms with Crippen LogP contribution in [0.15, 0.2) is 41.3 Å². The van der Waals surface area contributed by atoms with Crippen molar-refractivity contribution in [1.29, 1.82) is 0 Å². The first kappa shape index (κ1) is 18.5. The minimum Gasteiger partial charge on any atom is -0.496 e. The van der Waals surface area contributed by atoms with Crippen molar-refractivity contribution in [2.75, 3.05) is 13.4 Å². The van der Waals surface area contributed by atoms with Gasteiger partial charge in [-0.05, 0) is 47.9 Å². The number of sulfone groups is 1. The molecule has 0 aliphatic rings. The zero-order valence-electron chi connectivity index (χ0n) is 12.8. The topological polar surface area (TPSA) is 69.4 Å². The first-order chi connectivity index (χ1) is 9.86. The van der Waals surface area contributed by atoms with E-state index in [1.807, 2.05) is 25.1 Å². The Kier molecular flexibility index (Phi) is 6.00. The number of hydrogen-bond acceptors (Lipinski definition) is 4. The number of aryl methyl sites for hydroxylation is 1. The SMILES string of the molecule is COc1c(C)cc(-c2cccc(S(C)(=O)=O)c2)cc1CN.Cl. The number of hydrogen-bond donors (Lipinski definition) is 1. The monoisotopic (exact) mass is 341 g/mol. The van der Waals surface area contributed by atoms with E-state index >= 15 is 0 Å². The van der Waals surface area contributed by atoms with Gasteiger partial charge in [-0.1, -0.05) is 12.1 Å². The lowest BCUT2D eigenvalue weighted by molar-refractivity contribution is 0.407. The molecule has 0 aliphatic carbocycles. The van der Waals surface area contributed by atoms with Crippen LogP contribution in [-0.4, -0.2) is 21.8 Å². The summed E-state index contributed by atoms with van der Waals surface area (Å²) >= 11 is 0. The molecule has 0 radical (unpaired) electrons. The van der Waals surface area contributed by atoms with Gasteiger partial charge < -0.3 is 10.5 Å². The summed E-state index contributed by atoms with van der Waals surface area (Å²) in [4.78, 5) is 0.308. The summed E-state index contributed by atoms with van der Waals surface area (Å²) in [5, 5.41) is 0. The van der Waals surface area contributed by atoms with E-state index in [0.717, 1.165) is 28.0 Å². The molecule has 0 atom stereocenters. The summed E-state index contributed by atoms with van der Waals surface area (Å²) in [6, 6.07) is 10.8. The van der Waals surface area contributed by atoms with Crippen molar-refractivity contribution in [3.63, 3.8) is 0 Å². The maximum Gasteiger partial charge on any atom is 0.175 e. The van der Waals surface area contributed by atoms with Gasteiger partial charge in [0.15, 0.2) is 9.84 Å². The third-order valence-corrected chi connectivity index (χ3v) is 4.48. The molecular formula is C16H20ClNO3S. The Bertz CT molecular complexity index is 773. The summed E-state index contributed by atoms with van der Waals surface area (Å²) in [6.07, 6.45) is 1.21. The van der Waals surface area contributed by atoms with Crippen LogP contribution in [0.3, 0.4) is 0 Å². The van der Waals surface area contributed by atoms with Crippen molar-refractivity contribution in [2.45, 2.75) is 18.4 Å². The highest BCUT2D eigenvalue weighted by Crippen LogP contribution is 2.31. The lowest BCUT2D eigenvalue weighted by Gasteiger charge is -2.13. The van der Waals surface area contributed by atoms with Crippen molar-refractivity contribution >= 4 is 22.2 Å². The van der Waals surface area contributed by atoms with Gasteiger partial charge in [0.1, 0.15) is 5.75 Å². The minimum absolute atomic E-state index is 0. The van der Waals surface area contributed by atoms with E-state index < -0.39 is 9.84 Å². The number of rotatable bonds is 4. The van der Waals surface area contributed by atoms with Gasteiger partial charge in [-0.15, -0.1) is 12.4 Å². The Morgan fingerprint density at radius 2 is 1.82 bits per heavy atom. The molecule has 0 aromatic heterocycles. The van der Waals surface area contributed by atoms with Gasteiger partial charge in [0.05, 0.1) is 12.0 Å². The van der Waals surface area contributed by atoms with Crippen LogP contribution in [0.5, 0.6) is 5.75 Å². The normalized spacial score (nSPS) is 10.9. The van der Waals surface area contributed by atoms with E-state index in [9.17, 15) is 8.42 Å². The van der Waals surface area contributed by atoms with E-state index in [1.54, 1.807) is 25.3 Å². The van der Waals surface area contributed by atoms with Crippen LogP contribution in [-0.2, 0) is 16.4 Å². The molecule has 2 aromatic rings. The van der Waals surface area contributed by atoms with Crippen LogP contribution in [0.2, 0.25) is 0 Å². The van der Waals surface area contributed by atoms with Crippen molar-refractivity contribution < 1.29 is 13.2 Å². The summed E-state index contributed by atoms with van der Waals surface area (Å²) < 4.78 is 28.7. The zero-order chi connectivity index (χ0) is 15.6. The predicted octanol–water partition coefficient (Wildman–Crippen LogP) is 2.95. The fraction of sp³-hybridized carbons (Fsp3) is 0.250. The summed E-state index contributed by atoms with van der Waals surface area (Å²) in [5.41, 5.74) is 9.41. The number of benzene rings is 2. The van der Waals surface area contributed by atoms with Crippen molar-refractivity contribution in [2.24, 2.45) is 5.73 Å². The zero-order valence-corrected chi connectivity index (χ0v) is 14.4. The Balaban J connectivity index is 0.00000242. The van der Waals surface area contributed by atoms with Crippen LogP contribution in [0.25, 0.3) is 11.1 Å². The lowest BCUT2D eigenvalue weighted by atomic mass is 9.99. The highest BCUT2D eigenvalue weighted by molar-refractivity contribution is 7.90. The molecule has 120 valence electrons. The van der Waals surface area contributed by atoms with Gasteiger partial charge in [0.25, 0.3) is 0 Å². The Hall–Kier alpha value is -1.56. The van der Waals surface area contributed by atoms with Crippen molar-refractivity contribution in [3.8, 4) is 16.9 Å². The Morgan fingerprint density at radius 3 is 2.36 bits per heavy atom. The van der Waals surface area contributed by atoms with E-state index in [0.29, 0.717) is 11.4 Å². The second-order valence-corrected chi connectivity index (χ2v) is 7.01. The fourth-order valence-electron chi connectivity index (χ4n) is 2.36. The van der Waals surface area contributed by atoms with Gasteiger partial charge in [0.2, 0.25) is 0 Å². The van der Waals surface area contributed by atoms with Crippen LogP contribution in [0, 0.1) is 6.92 Å². The third kappa shape index (κ3) is 3.80. The molecule has 0 unspecified atom stereocenters. The van der Waals surface area contributed by atoms with Gasteiger partial charge >= 0.3 is 0 Å². The van der Waals surface area contributed by atoms with Crippen molar-refractivity contribution in [3.05, 3.63) is 47.5 Å². The molecule has 22 heavy (non-hydrogen) atoms. The molecule has 2 rings (SSSR count). The van der Waals surface area contributed by atoms with Crippen LogP contribution in [0.1, 0.15) is 11.1 Å². The largest absolute Gasteiger partial charge is 0.496 e. The van der Waals surface area contributed by atoms with Gasteiger partial charge in [-0.25, -0.2) is 8.42 Å². The number of methoxy groups -OCH3 is 1. The van der Waals surface area contributed by atoms with Crippen molar-refractivity contribution in [1.82, 2.24) is 0 Å². The quantitative estimate of drug-likeness (QED) is 0.928. The standard InChI is InChI=1S/C16H19NO3S.ClH/c1-11-7-13(8-14(10-17)16(11)20-2)12-5-4-6-15(9-12)21(3,18)19;/h4-9H,10,17H2,1-3H3;1H. The van der Waals surface area contributed by atoms with E-state index in [1.165, 1.54) is 6.26 Å². The van der Waals surface area contributed by atoms with Gasteiger partial charge in [0, 0.05) is 18.4 Å². The summed E-state index contributed by atoms with van der Waals surface area (Å²) in [6.45, 7) is 2.31. The molecule has 6 heteroatoms. The Labute approximate surface area is 137 Å². The average Bonchev–Trinajstić information content (AvgIpc) is 2.45. The second-order valence-electron chi connectivity index (χ2n) is 4.99. The fourth-order valence-corrected chi connectivity index (χ4v) is 3.03. The maximum absolute atomic E-state index is 11.7. The predicted molar refractivity (Wildman–Crippen MR) is 91.4 cm³/mol. The summed E-state index contributed by atoms with van der Waals surface area (Å²) in [7, 11) is -1.60. The molecule has 2 N–H and O–H groups in total. The number of halogens is 1. The van der Waals surface area contributed by atoms with E-state index in [4.69, 9.17) is 10.5 Å². The first-order valence-corrected chi connectivity index (χ1v) is 8.44. The molecule has 0 spiro atoms. The molecular weight excluding hydrogens is 322 g/mol. The lowest BCUT2D eigenvalue weighted by Crippen LogP contribution is -2.02. The molecule has 0 amide bonds. The highest BCUT2D eigenvalue weighted by atomic mass is 35.5. The molecule has 4 nitrogen and oxygen atoms in total. The molecule has 0 saturated heterocycles. The van der Waals surface area contributed by atoms with Crippen LogP contribution >= 0.6 is 12.4 Å². The number of ether oxygens (including phenoxy) is 1. The first-order valence-electron chi connectivity index (χ1n) is 6.55. The molecule has 0 bridgehead atoms.